The minimum absolute atomic E-state index is 0.0311. The summed E-state index contributed by atoms with van der Waals surface area (Å²) in [7, 11) is 0. The number of fused-ring (bicyclic) bond motifs is 3. The number of carbonyl (C=O) groups is 3. The zero-order valence-electron chi connectivity index (χ0n) is 23.6. The van der Waals surface area contributed by atoms with Crippen LogP contribution in [0.2, 0.25) is 0 Å². The van der Waals surface area contributed by atoms with Gasteiger partial charge in [0.2, 0.25) is 0 Å². The van der Waals surface area contributed by atoms with Gasteiger partial charge in [0.25, 0.3) is 5.91 Å². The van der Waals surface area contributed by atoms with Crippen LogP contribution in [0.15, 0.2) is 6.07 Å². The Morgan fingerprint density at radius 1 is 1.16 bits per heavy atom. The Bertz CT molecular complexity index is 1210. The highest BCUT2D eigenvalue weighted by Crippen LogP contribution is 2.67. The van der Waals surface area contributed by atoms with E-state index in [1.807, 2.05) is 0 Å². The minimum Gasteiger partial charge on any atom is -0.508 e. The first kappa shape index (κ1) is 26.8. The van der Waals surface area contributed by atoms with Crippen LogP contribution in [-0.4, -0.2) is 50.7 Å². The van der Waals surface area contributed by atoms with Gasteiger partial charge in [0.1, 0.15) is 29.2 Å². The molecule has 0 aromatic heterocycles. The number of hydrogen-bond acceptors (Lipinski definition) is 6. The molecule has 2 heterocycles. The van der Waals surface area contributed by atoms with Crippen molar-refractivity contribution in [1.29, 1.82) is 0 Å². The highest BCUT2D eigenvalue weighted by Gasteiger charge is 2.68. The van der Waals surface area contributed by atoms with Crippen LogP contribution in [0.5, 0.6) is 11.5 Å². The molecule has 1 aromatic carbocycles. The van der Waals surface area contributed by atoms with Gasteiger partial charge in [-0.1, -0.05) is 41.5 Å². The second kappa shape index (κ2) is 8.62. The predicted molar refractivity (Wildman–Crippen MR) is 140 cm³/mol. The molecule has 1 amide bonds. The first-order chi connectivity index (χ1) is 17.7. The molecule has 2 saturated carbocycles. The summed E-state index contributed by atoms with van der Waals surface area (Å²) in [4.78, 5) is 38.9. The number of phenolic OH excluding ortho intramolecular Hbond substituents is 1. The number of hydrogen-bond donors (Lipinski definition) is 2. The lowest BCUT2D eigenvalue weighted by molar-refractivity contribution is -0.238. The molecule has 2 fully saturated rings. The number of carboxylic acids is 1. The molecule has 0 radical (unpaired) electrons. The summed E-state index contributed by atoms with van der Waals surface area (Å²) in [5.41, 5.74) is 0.507. The van der Waals surface area contributed by atoms with Gasteiger partial charge < -0.3 is 24.6 Å². The summed E-state index contributed by atoms with van der Waals surface area (Å²) in [5.74, 6) is -0.990. The van der Waals surface area contributed by atoms with Crippen LogP contribution in [0, 0.1) is 28.6 Å². The molecular weight excluding hydrogens is 486 g/mol. The maximum atomic E-state index is 13.5. The van der Waals surface area contributed by atoms with E-state index in [-0.39, 0.29) is 52.9 Å². The molecular formula is C30H41NO7. The van der Waals surface area contributed by atoms with E-state index >= 15 is 0 Å². The monoisotopic (exact) mass is 527 g/mol. The molecule has 8 heteroatoms. The molecule has 4 aliphatic rings. The van der Waals surface area contributed by atoms with E-state index in [2.05, 4.69) is 27.7 Å². The molecule has 8 nitrogen and oxygen atoms in total. The normalized spacial score (nSPS) is 33.9. The van der Waals surface area contributed by atoms with Crippen LogP contribution in [0.4, 0.5) is 0 Å². The third-order valence-electron chi connectivity index (χ3n) is 10.7. The second-order valence-electron chi connectivity index (χ2n) is 13.3. The van der Waals surface area contributed by atoms with E-state index in [1.165, 1.54) is 17.9 Å². The standard InChI is InChI=1S/C30H41NO7/c1-15(2)24(27(35)36)31-14-20-18(26(31)34)12-21(33)19-13-29(7)16(3)8-9-22-28(5,6)23(37-17(4)32)10-11-30(22,29)38-25(19)20/h12,15-16,22-24,33H,8-11,13-14H2,1-7H3,(H,35,36)/t16-,22-,23-,24?,29+,30-/m0/s1. The number of rotatable bonds is 4. The van der Waals surface area contributed by atoms with Crippen LogP contribution >= 0.6 is 0 Å². The Kier molecular flexibility index (Phi) is 6.08. The number of ether oxygens (including phenoxy) is 2. The fraction of sp³-hybridized carbons (Fsp3) is 0.700. The molecule has 5 rings (SSSR count). The highest BCUT2D eigenvalue weighted by atomic mass is 16.5. The van der Waals surface area contributed by atoms with Gasteiger partial charge >= 0.3 is 11.9 Å². The zero-order valence-corrected chi connectivity index (χ0v) is 23.6. The number of benzene rings is 1. The number of aliphatic carboxylic acids is 1. The number of carbonyl (C=O) groups excluding carboxylic acids is 2. The third kappa shape index (κ3) is 3.51. The summed E-state index contributed by atoms with van der Waals surface area (Å²) in [6.45, 7) is 14.0. The van der Waals surface area contributed by atoms with Crippen molar-refractivity contribution < 1.29 is 34.1 Å². The maximum Gasteiger partial charge on any atom is 0.326 e. The number of nitrogens with zero attached hydrogens (tertiary/aromatic N) is 1. The van der Waals surface area contributed by atoms with Crippen LogP contribution in [0.3, 0.4) is 0 Å². The molecule has 2 aliphatic carbocycles. The second-order valence-corrected chi connectivity index (χ2v) is 13.3. The smallest absolute Gasteiger partial charge is 0.326 e. The Morgan fingerprint density at radius 2 is 1.84 bits per heavy atom. The van der Waals surface area contributed by atoms with Crippen molar-refractivity contribution in [3.8, 4) is 11.5 Å². The van der Waals surface area contributed by atoms with Gasteiger partial charge in [-0.25, -0.2) is 4.79 Å². The summed E-state index contributed by atoms with van der Waals surface area (Å²) in [5, 5.41) is 21.1. The van der Waals surface area contributed by atoms with E-state index in [1.54, 1.807) is 13.8 Å². The molecule has 38 heavy (non-hydrogen) atoms. The zero-order chi connectivity index (χ0) is 27.9. The Hall–Kier alpha value is -2.77. The molecule has 6 atom stereocenters. The number of phenols is 1. The van der Waals surface area contributed by atoms with Crippen LogP contribution in [-0.2, 0) is 27.3 Å². The van der Waals surface area contributed by atoms with Crippen molar-refractivity contribution >= 4 is 17.8 Å². The summed E-state index contributed by atoms with van der Waals surface area (Å²) >= 11 is 0. The molecule has 1 unspecified atom stereocenters. The van der Waals surface area contributed by atoms with Crippen molar-refractivity contribution in [2.45, 2.75) is 105 Å². The molecule has 0 saturated heterocycles. The first-order valence-electron chi connectivity index (χ1n) is 13.9. The SMILES string of the molecule is CC(=O)O[C@H]1CC[C@@]23Oc4c(c(O)cc5c4CN(C(C(=O)O)C(C)C)C5=O)C[C@]2(C)[C@@H](C)CC[C@H]3C1(C)C. The van der Waals surface area contributed by atoms with Crippen LogP contribution in [0.25, 0.3) is 0 Å². The number of amides is 1. The van der Waals surface area contributed by atoms with Gasteiger partial charge in [-0.15, -0.1) is 0 Å². The molecule has 1 spiro atoms. The molecule has 0 bridgehead atoms. The van der Waals surface area contributed by atoms with Crippen LogP contribution < -0.4 is 4.74 Å². The molecule has 2 aliphatic heterocycles. The van der Waals surface area contributed by atoms with E-state index in [0.29, 0.717) is 47.6 Å². The summed E-state index contributed by atoms with van der Waals surface area (Å²) in [6.07, 6.45) is 3.69. The average molecular weight is 528 g/mol. The predicted octanol–water partition coefficient (Wildman–Crippen LogP) is 4.94. The lowest BCUT2D eigenvalue weighted by atomic mass is 9.43. The van der Waals surface area contributed by atoms with Gasteiger partial charge in [-0.2, -0.15) is 0 Å². The Balaban J connectivity index is 1.63. The van der Waals surface area contributed by atoms with E-state index in [0.717, 1.165) is 12.8 Å². The first-order valence-corrected chi connectivity index (χ1v) is 13.9. The van der Waals surface area contributed by atoms with Gasteiger partial charge in [-0.05, 0) is 50.0 Å². The maximum absolute atomic E-state index is 13.5. The Labute approximate surface area is 224 Å². The summed E-state index contributed by atoms with van der Waals surface area (Å²) in [6, 6.07) is 0.535. The number of aromatic hydroxyl groups is 1. The van der Waals surface area contributed by atoms with Gasteiger partial charge in [0.05, 0.1) is 12.1 Å². The van der Waals surface area contributed by atoms with E-state index in [4.69, 9.17) is 9.47 Å². The van der Waals surface area contributed by atoms with E-state index < -0.39 is 17.6 Å². The van der Waals surface area contributed by atoms with Gasteiger partial charge in [0, 0.05) is 34.8 Å². The highest BCUT2D eigenvalue weighted by molar-refractivity contribution is 6.02. The van der Waals surface area contributed by atoms with Crippen molar-refractivity contribution in [1.82, 2.24) is 4.90 Å². The quantitative estimate of drug-likeness (QED) is 0.534. The van der Waals surface area contributed by atoms with Gasteiger partial charge in [-0.3, -0.25) is 9.59 Å². The van der Waals surface area contributed by atoms with Crippen molar-refractivity contribution in [2.75, 3.05) is 0 Å². The lowest BCUT2D eigenvalue weighted by Gasteiger charge is -2.67. The van der Waals surface area contributed by atoms with Crippen molar-refractivity contribution in [3.05, 3.63) is 22.8 Å². The van der Waals surface area contributed by atoms with Crippen molar-refractivity contribution in [2.24, 2.45) is 28.6 Å². The fourth-order valence-corrected chi connectivity index (χ4v) is 8.45. The topological polar surface area (TPSA) is 113 Å². The molecule has 208 valence electrons. The summed E-state index contributed by atoms with van der Waals surface area (Å²) < 4.78 is 13.0. The molecule has 2 N–H and O–H groups in total. The molecule has 1 aromatic rings. The van der Waals surface area contributed by atoms with E-state index in [9.17, 15) is 24.6 Å². The average Bonchev–Trinajstić information content (AvgIpc) is 3.11. The minimum atomic E-state index is -1.04. The Morgan fingerprint density at radius 3 is 2.45 bits per heavy atom. The largest absolute Gasteiger partial charge is 0.508 e. The van der Waals surface area contributed by atoms with Crippen LogP contribution in [0.1, 0.15) is 95.6 Å². The fourth-order valence-electron chi connectivity index (χ4n) is 8.45. The third-order valence-corrected chi connectivity index (χ3v) is 10.7. The van der Waals surface area contributed by atoms with Crippen molar-refractivity contribution in [3.63, 3.8) is 0 Å². The number of carboxylic acid groups (broad SMARTS) is 1. The lowest BCUT2D eigenvalue weighted by Crippen LogP contribution is -2.70. The number of esters is 1. The van der Waals surface area contributed by atoms with Gasteiger partial charge in [0.15, 0.2) is 0 Å².